The number of benzene rings is 2. The van der Waals surface area contributed by atoms with E-state index < -0.39 is 48.3 Å². The first-order valence-corrected chi connectivity index (χ1v) is 15.7. The lowest BCUT2D eigenvalue weighted by Crippen LogP contribution is -2.55. The molecule has 2 unspecified atom stereocenters. The predicted octanol–water partition coefficient (Wildman–Crippen LogP) is 0.986. The highest BCUT2D eigenvalue weighted by Crippen LogP contribution is 2.39. The number of sulfonamides is 2. The molecular formula is C19H24N4O9S4. The molecule has 0 aliphatic carbocycles. The summed E-state index contributed by atoms with van der Waals surface area (Å²) in [6.45, 7) is 0.326. The van der Waals surface area contributed by atoms with Crippen LogP contribution in [0.15, 0.2) is 58.3 Å². The van der Waals surface area contributed by atoms with E-state index in [-0.39, 0.29) is 60.2 Å². The first-order valence-electron chi connectivity index (χ1n) is 10.6. The van der Waals surface area contributed by atoms with Crippen molar-refractivity contribution < 1.29 is 39.1 Å². The van der Waals surface area contributed by atoms with Crippen LogP contribution in [-0.4, -0.2) is 74.9 Å². The molecule has 2 aromatic rings. The fourth-order valence-corrected chi connectivity index (χ4v) is 8.11. The average molecular weight is 581 g/mol. The molecule has 0 radical (unpaired) electrons. The molecule has 4 N–H and O–H groups in total. The summed E-state index contributed by atoms with van der Waals surface area (Å²) in [5.74, 6) is 0. The molecule has 0 amide bonds. The predicted molar refractivity (Wildman–Crippen MR) is 132 cm³/mol. The summed E-state index contributed by atoms with van der Waals surface area (Å²) in [6, 6.07) is 10.8. The molecule has 0 bridgehead atoms. The molecule has 0 aromatic heterocycles. The van der Waals surface area contributed by atoms with Crippen LogP contribution >= 0.6 is 0 Å². The van der Waals surface area contributed by atoms with Gasteiger partial charge in [0, 0.05) is 43.9 Å². The van der Waals surface area contributed by atoms with Gasteiger partial charge in [0.05, 0.1) is 16.4 Å². The fraction of sp³-hybridized carbons (Fsp3) is 0.368. The highest BCUT2D eigenvalue weighted by Gasteiger charge is 2.51. The molecule has 2 saturated heterocycles. The lowest BCUT2D eigenvalue weighted by atomic mass is 10.0. The Morgan fingerprint density at radius 2 is 1.19 bits per heavy atom. The van der Waals surface area contributed by atoms with E-state index in [1.807, 2.05) is 0 Å². The zero-order chi connectivity index (χ0) is 26.1. The summed E-state index contributed by atoms with van der Waals surface area (Å²) in [6.07, 6.45) is 0.245. The Labute approximate surface area is 213 Å². The van der Waals surface area contributed by atoms with E-state index in [1.54, 1.807) is 0 Å². The van der Waals surface area contributed by atoms with E-state index in [0.717, 1.165) is 0 Å². The van der Waals surface area contributed by atoms with Crippen LogP contribution in [0.4, 0.5) is 11.4 Å². The van der Waals surface area contributed by atoms with Crippen LogP contribution < -0.4 is 9.44 Å². The first-order chi connectivity index (χ1) is 16.9. The summed E-state index contributed by atoms with van der Waals surface area (Å²) >= 11 is -4.58. The largest absolute Gasteiger partial charge is 0.358 e. The van der Waals surface area contributed by atoms with Crippen LogP contribution in [0.2, 0.25) is 0 Å². The van der Waals surface area contributed by atoms with Crippen molar-refractivity contribution in [3.63, 3.8) is 0 Å². The number of hydrogen-bond donors (Lipinski definition) is 4. The normalized spacial score (nSPS) is 20.7. The maximum Gasteiger partial charge on any atom is 0.259 e. The molecule has 36 heavy (non-hydrogen) atoms. The van der Waals surface area contributed by atoms with E-state index in [1.165, 1.54) is 57.1 Å². The lowest BCUT2D eigenvalue weighted by Gasteiger charge is -2.42. The second-order valence-corrected chi connectivity index (χ2v) is 13.2. The van der Waals surface area contributed by atoms with Gasteiger partial charge in [-0.3, -0.25) is 18.5 Å². The van der Waals surface area contributed by atoms with Crippen molar-refractivity contribution in [2.24, 2.45) is 0 Å². The molecule has 2 aliphatic heterocycles. The number of nitrogens with one attached hydrogen (secondary N) is 2. The smallest absolute Gasteiger partial charge is 0.259 e. The number of anilines is 2. The van der Waals surface area contributed by atoms with Crippen molar-refractivity contribution >= 4 is 54.0 Å². The van der Waals surface area contributed by atoms with E-state index in [9.17, 15) is 25.3 Å². The van der Waals surface area contributed by atoms with Crippen molar-refractivity contribution in [3.8, 4) is 0 Å². The van der Waals surface area contributed by atoms with Gasteiger partial charge in [-0.25, -0.2) is 25.3 Å². The zero-order valence-electron chi connectivity index (χ0n) is 18.6. The van der Waals surface area contributed by atoms with Gasteiger partial charge in [-0.2, -0.15) is 8.61 Å². The first kappa shape index (κ1) is 27.1. The topological polar surface area (TPSA) is 183 Å². The third kappa shape index (κ3) is 5.48. The Bertz CT molecular complexity index is 1360. The number of rotatable bonds is 8. The minimum atomic E-state index is -3.99. The average Bonchev–Trinajstić information content (AvgIpc) is 3.23. The zero-order valence-corrected chi connectivity index (χ0v) is 21.9. The molecule has 2 fully saturated rings. The molecule has 17 heteroatoms. The maximum absolute atomic E-state index is 13.4. The van der Waals surface area contributed by atoms with Crippen LogP contribution in [0, 0.1) is 0 Å². The quantitative estimate of drug-likeness (QED) is 0.331. The van der Waals surface area contributed by atoms with Gasteiger partial charge in [-0.15, -0.1) is 0 Å². The molecule has 2 atom stereocenters. The van der Waals surface area contributed by atoms with Gasteiger partial charge < -0.3 is 4.74 Å². The van der Waals surface area contributed by atoms with Gasteiger partial charge in [0.2, 0.25) is 20.0 Å². The van der Waals surface area contributed by atoms with E-state index in [2.05, 4.69) is 9.44 Å². The van der Waals surface area contributed by atoms with Crippen LogP contribution in [0.1, 0.15) is 12.8 Å². The van der Waals surface area contributed by atoms with Crippen molar-refractivity contribution in [1.29, 1.82) is 0 Å². The molecule has 0 saturated carbocycles. The maximum atomic E-state index is 13.4. The second kappa shape index (κ2) is 10.4. The minimum absolute atomic E-state index is 0.00190. The van der Waals surface area contributed by atoms with Crippen LogP contribution in [0.5, 0.6) is 0 Å². The Morgan fingerprint density at radius 3 is 1.64 bits per heavy atom. The van der Waals surface area contributed by atoms with Crippen LogP contribution in [0.25, 0.3) is 0 Å². The van der Waals surface area contributed by atoms with Crippen molar-refractivity contribution in [2.45, 2.75) is 28.4 Å². The number of nitrogens with zero attached hydrogens (tertiary/aromatic N) is 2. The highest BCUT2D eigenvalue weighted by molar-refractivity contribution is 7.89. The van der Waals surface area contributed by atoms with E-state index >= 15 is 0 Å². The molecule has 4 rings (SSSR count). The van der Waals surface area contributed by atoms with E-state index in [0.29, 0.717) is 0 Å². The Morgan fingerprint density at radius 1 is 0.750 bits per heavy atom. The summed E-state index contributed by atoms with van der Waals surface area (Å²) in [5, 5.41) is 0. The van der Waals surface area contributed by atoms with Gasteiger partial charge in [0.1, 0.15) is 5.72 Å². The van der Waals surface area contributed by atoms with Crippen molar-refractivity contribution in [2.75, 3.05) is 35.7 Å². The number of hydrogen-bond acceptors (Lipinski definition) is 7. The molecule has 2 aromatic carbocycles. The third-order valence-electron chi connectivity index (χ3n) is 5.97. The standard InChI is InChI=1S/C19H24N4O9S4/c24-33(25)20-15-1-5-17(6-2-15)35(28,29)22-11-9-19(10-12-22)23(13-14-32-19)36(30,31)18-7-3-16(4-8-18)21-34(26)27/h1-8,20-21H,9-14H2,(H,24,25)(H,26,27). The SMILES string of the molecule is O=S(O)Nc1ccc(S(=O)(=O)N2CCC3(CC2)OCCN3S(=O)(=O)c2ccc(NS(=O)O)cc2)cc1. The van der Waals surface area contributed by atoms with Crippen LogP contribution in [-0.2, 0) is 47.3 Å². The Kier molecular flexibility index (Phi) is 7.84. The molecule has 2 heterocycles. The number of piperidine rings is 1. The monoisotopic (exact) mass is 580 g/mol. The van der Waals surface area contributed by atoms with Gasteiger partial charge in [-0.05, 0) is 48.5 Å². The molecular weight excluding hydrogens is 556 g/mol. The van der Waals surface area contributed by atoms with Crippen LogP contribution in [0.3, 0.4) is 0 Å². The molecule has 198 valence electrons. The van der Waals surface area contributed by atoms with Gasteiger partial charge >= 0.3 is 0 Å². The van der Waals surface area contributed by atoms with Gasteiger partial charge in [0.25, 0.3) is 22.5 Å². The Balaban J connectivity index is 1.49. The van der Waals surface area contributed by atoms with E-state index in [4.69, 9.17) is 13.8 Å². The molecule has 13 nitrogen and oxygen atoms in total. The summed E-state index contributed by atoms with van der Waals surface area (Å²) in [5.41, 5.74) is -0.636. The third-order valence-corrected chi connectivity index (χ3v) is 10.7. The fourth-order valence-electron chi connectivity index (χ4n) is 4.27. The second-order valence-electron chi connectivity index (χ2n) is 8.03. The summed E-state index contributed by atoms with van der Waals surface area (Å²) in [4.78, 5) is -0.0174. The summed E-state index contributed by atoms with van der Waals surface area (Å²) in [7, 11) is -7.87. The Hall–Kier alpha value is -1.96. The lowest BCUT2D eigenvalue weighted by molar-refractivity contribution is -0.0806. The minimum Gasteiger partial charge on any atom is -0.358 e. The molecule has 1 spiro atoms. The highest BCUT2D eigenvalue weighted by atomic mass is 32.2. The van der Waals surface area contributed by atoms with Gasteiger partial charge in [0.15, 0.2) is 0 Å². The van der Waals surface area contributed by atoms with Crippen molar-refractivity contribution in [3.05, 3.63) is 48.5 Å². The summed E-state index contributed by atoms with van der Waals surface area (Å²) < 4.78 is 105. The molecule has 2 aliphatic rings. The van der Waals surface area contributed by atoms with Crippen molar-refractivity contribution in [1.82, 2.24) is 8.61 Å². The number of ether oxygens (including phenoxy) is 1. The van der Waals surface area contributed by atoms with Gasteiger partial charge in [-0.1, -0.05) is 0 Å².